The quantitative estimate of drug-likeness (QED) is 0.0361. The largest absolute Gasteiger partial charge is 0.394 e. The Kier molecular flexibility index (Phi) is 53.5. The molecule has 1 amide bonds. The van der Waals surface area contributed by atoms with Gasteiger partial charge in [0.25, 0.3) is 0 Å². The fourth-order valence-electron chi connectivity index (χ4n) is 8.86. The lowest BCUT2D eigenvalue weighted by Crippen LogP contribution is -2.48. The van der Waals surface area contributed by atoms with Crippen LogP contribution >= 0.6 is 0 Å². The van der Waals surface area contributed by atoms with E-state index in [9.17, 15) is 20.1 Å². The van der Waals surface area contributed by atoms with Crippen molar-refractivity contribution >= 4 is 5.91 Å². The predicted octanol–water partition coefficient (Wildman–Crippen LogP) is 18.0. The van der Waals surface area contributed by atoms with Gasteiger partial charge in [0.15, 0.2) is 0 Å². The van der Waals surface area contributed by atoms with Crippen LogP contribution in [-0.2, 0) is 4.79 Å². The number of rotatable bonds is 53. The zero-order chi connectivity index (χ0) is 47.2. The van der Waals surface area contributed by atoms with Crippen molar-refractivity contribution < 1.29 is 20.1 Å². The van der Waals surface area contributed by atoms with E-state index in [1.165, 1.54) is 238 Å². The van der Waals surface area contributed by atoms with Crippen molar-refractivity contribution in [3.05, 3.63) is 48.6 Å². The van der Waals surface area contributed by atoms with E-state index in [1.807, 2.05) is 6.08 Å². The number of carbonyl (C=O) groups excluding carboxylic acids is 1. The fourth-order valence-corrected chi connectivity index (χ4v) is 8.86. The van der Waals surface area contributed by atoms with E-state index < -0.39 is 24.2 Å². The number of carbonyl (C=O) groups is 1. The summed E-state index contributed by atoms with van der Waals surface area (Å²) >= 11 is 0. The molecule has 0 aliphatic carbocycles. The van der Waals surface area contributed by atoms with E-state index in [0.717, 1.165) is 44.9 Å². The second kappa shape index (κ2) is 54.9. The fraction of sp³-hybridized carbons (Fsp3) is 0.850. The summed E-state index contributed by atoms with van der Waals surface area (Å²) in [5.74, 6) is -0.514. The Morgan fingerprint density at radius 1 is 0.369 bits per heavy atom. The smallest absolute Gasteiger partial charge is 0.249 e. The van der Waals surface area contributed by atoms with Crippen LogP contribution in [0.2, 0.25) is 0 Å². The summed E-state index contributed by atoms with van der Waals surface area (Å²) in [6.07, 6.45) is 73.4. The van der Waals surface area contributed by atoms with E-state index in [0.29, 0.717) is 6.42 Å². The number of unbranched alkanes of at least 4 members (excludes halogenated alkanes) is 39. The standard InChI is InChI=1S/C60H113NO4/c1-3-5-7-9-11-13-15-17-19-21-23-25-26-27-28-29-30-31-32-33-35-37-39-41-43-45-47-49-51-53-55-59(64)60(65)61-57(56-62)58(63)54-52-50-48-46-44-42-40-38-36-34-24-22-20-18-16-14-12-10-8-6-4-2/h27-28,36,38,44,46,52,54,57-59,62-64H,3-26,29-35,37,39-43,45,47-51,53,55-56H2,1-2H3,(H,61,65)/b28-27-,38-36+,46-44+,54-52+. The zero-order valence-corrected chi connectivity index (χ0v) is 43.6. The summed E-state index contributed by atoms with van der Waals surface area (Å²) < 4.78 is 0. The van der Waals surface area contributed by atoms with Crippen LogP contribution in [0.15, 0.2) is 48.6 Å². The summed E-state index contributed by atoms with van der Waals surface area (Å²) in [7, 11) is 0. The lowest BCUT2D eigenvalue weighted by atomic mass is 10.0. The van der Waals surface area contributed by atoms with Gasteiger partial charge in [-0.3, -0.25) is 4.79 Å². The third-order valence-corrected chi connectivity index (χ3v) is 13.4. The van der Waals surface area contributed by atoms with Crippen molar-refractivity contribution in [2.45, 2.75) is 321 Å². The minimum absolute atomic E-state index is 0.381. The summed E-state index contributed by atoms with van der Waals surface area (Å²) in [6, 6.07) is -0.822. The van der Waals surface area contributed by atoms with Gasteiger partial charge in [0.2, 0.25) is 5.91 Å². The predicted molar refractivity (Wildman–Crippen MR) is 287 cm³/mol. The molecule has 0 aliphatic heterocycles. The average molecular weight is 913 g/mol. The minimum atomic E-state index is -1.11. The number of aliphatic hydroxyl groups excluding tert-OH is 3. The molecule has 0 aromatic heterocycles. The average Bonchev–Trinajstić information content (AvgIpc) is 3.31. The number of allylic oxidation sites excluding steroid dienone is 7. The summed E-state index contributed by atoms with van der Waals surface area (Å²) in [6.45, 7) is 4.19. The maximum atomic E-state index is 12.6. The highest BCUT2D eigenvalue weighted by Gasteiger charge is 2.22. The minimum Gasteiger partial charge on any atom is -0.394 e. The molecule has 0 saturated heterocycles. The lowest BCUT2D eigenvalue weighted by Gasteiger charge is -2.21. The molecule has 3 atom stereocenters. The second-order valence-corrected chi connectivity index (χ2v) is 19.8. The molecule has 0 fully saturated rings. The van der Waals surface area contributed by atoms with Gasteiger partial charge in [0.05, 0.1) is 18.8 Å². The van der Waals surface area contributed by atoms with Gasteiger partial charge in [-0.1, -0.05) is 281 Å². The van der Waals surface area contributed by atoms with Gasteiger partial charge >= 0.3 is 0 Å². The molecule has 5 heteroatoms. The molecular formula is C60H113NO4. The van der Waals surface area contributed by atoms with Gasteiger partial charge in [-0.15, -0.1) is 0 Å². The molecule has 382 valence electrons. The molecule has 5 nitrogen and oxygen atoms in total. The van der Waals surface area contributed by atoms with Crippen LogP contribution in [0.4, 0.5) is 0 Å². The second-order valence-electron chi connectivity index (χ2n) is 19.8. The Balaban J connectivity index is 3.60. The Bertz CT molecular complexity index is 1050. The van der Waals surface area contributed by atoms with Gasteiger partial charge in [0.1, 0.15) is 6.10 Å². The molecular weight excluding hydrogens is 799 g/mol. The number of nitrogens with one attached hydrogen (secondary N) is 1. The monoisotopic (exact) mass is 912 g/mol. The van der Waals surface area contributed by atoms with Crippen LogP contribution in [0.1, 0.15) is 303 Å². The van der Waals surface area contributed by atoms with E-state index in [1.54, 1.807) is 6.08 Å². The van der Waals surface area contributed by atoms with Crippen LogP contribution in [0, 0.1) is 0 Å². The zero-order valence-electron chi connectivity index (χ0n) is 43.6. The Labute approximate surface area is 406 Å². The van der Waals surface area contributed by atoms with Crippen molar-refractivity contribution in [2.75, 3.05) is 6.61 Å². The first-order chi connectivity index (χ1) is 32.1. The van der Waals surface area contributed by atoms with Gasteiger partial charge in [-0.25, -0.2) is 0 Å². The number of amides is 1. The Morgan fingerprint density at radius 3 is 0.938 bits per heavy atom. The number of hydrogen-bond donors (Lipinski definition) is 4. The number of hydrogen-bond acceptors (Lipinski definition) is 4. The van der Waals surface area contributed by atoms with Crippen LogP contribution in [0.3, 0.4) is 0 Å². The molecule has 0 aliphatic rings. The van der Waals surface area contributed by atoms with E-state index >= 15 is 0 Å². The maximum Gasteiger partial charge on any atom is 0.249 e. The van der Waals surface area contributed by atoms with Crippen molar-refractivity contribution in [1.82, 2.24) is 5.32 Å². The molecule has 0 spiro atoms. The Morgan fingerprint density at radius 2 is 0.631 bits per heavy atom. The molecule has 4 N–H and O–H groups in total. The van der Waals surface area contributed by atoms with Crippen LogP contribution < -0.4 is 5.32 Å². The van der Waals surface area contributed by atoms with E-state index in [4.69, 9.17) is 0 Å². The molecule has 0 saturated carbocycles. The first-order valence-electron chi connectivity index (χ1n) is 29.0. The highest BCUT2D eigenvalue weighted by Crippen LogP contribution is 2.17. The highest BCUT2D eigenvalue weighted by molar-refractivity contribution is 5.80. The third-order valence-electron chi connectivity index (χ3n) is 13.4. The maximum absolute atomic E-state index is 12.6. The molecule has 0 bridgehead atoms. The first-order valence-corrected chi connectivity index (χ1v) is 29.0. The summed E-state index contributed by atoms with van der Waals surface area (Å²) in [5, 5.41) is 33.3. The highest BCUT2D eigenvalue weighted by atomic mass is 16.3. The van der Waals surface area contributed by atoms with Crippen molar-refractivity contribution in [3.63, 3.8) is 0 Å². The Hall–Kier alpha value is -1.69. The van der Waals surface area contributed by atoms with Crippen molar-refractivity contribution in [3.8, 4) is 0 Å². The van der Waals surface area contributed by atoms with Crippen LogP contribution in [-0.4, -0.2) is 46.1 Å². The first kappa shape index (κ1) is 63.3. The molecule has 0 aromatic carbocycles. The van der Waals surface area contributed by atoms with Crippen molar-refractivity contribution in [2.24, 2.45) is 0 Å². The third kappa shape index (κ3) is 50.0. The molecule has 0 rings (SSSR count). The molecule has 0 aromatic rings. The molecule has 0 radical (unpaired) electrons. The molecule has 0 heterocycles. The van der Waals surface area contributed by atoms with Crippen LogP contribution in [0.25, 0.3) is 0 Å². The topological polar surface area (TPSA) is 89.8 Å². The van der Waals surface area contributed by atoms with Gasteiger partial charge in [-0.05, 0) is 70.6 Å². The molecule has 65 heavy (non-hydrogen) atoms. The summed E-state index contributed by atoms with van der Waals surface area (Å²) in [5.41, 5.74) is 0. The SMILES string of the molecule is CCCCCCCCCCCCC/C=C/CC/C=C/CC/C=C/C(O)C(CO)NC(=O)C(O)CCCCCCCCCCCCCCCC/C=C\CCCCCCCCCCCCCC. The van der Waals surface area contributed by atoms with Crippen molar-refractivity contribution in [1.29, 1.82) is 0 Å². The van der Waals surface area contributed by atoms with Gasteiger partial charge in [-0.2, -0.15) is 0 Å². The van der Waals surface area contributed by atoms with Crippen LogP contribution in [0.5, 0.6) is 0 Å². The van der Waals surface area contributed by atoms with E-state index in [-0.39, 0.29) is 6.61 Å². The number of aliphatic hydroxyl groups is 3. The van der Waals surface area contributed by atoms with E-state index in [2.05, 4.69) is 55.6 Å². The summed E-state index contributed by atoms with van der Waals surface area (Å²) in [4.78, 5) is 12.6. The van der Waals surface area contributed by atoms with Gasteiger partial charge in [0, 0.05) is 0 Å². The normalized spacial score (nSPS) is 13.6. The van der Waals surface area contributed by atoms with Gasteiger partial charge < -0.3 is 20.6 Å². The lowest BCUT2D eigenvalue weighted by molar-refractivity contribution is -0.131. The molecule has 3 unspecified atom stereocenters.